The zero-order valence-electron chi connectivity index (χ0n) is 16.1. The molecule has 0 aromatic heterocycles. The van der Waals surface area contributed by atoms with Crippen molar-refractivity contribution in [3.63, 3.8) is 0 Å². The fourth-order valence-corrected chi connectivity index (χ4v) is 5.62. The molecule has 2 N–H and O–H groups in total. The number of nitrogens with two attached hydrogens (primary N) is 1. The summed E-state index contributed by atoms with van der Waals surface area (Å²) in [6.45, 7) is 3.84. The topological polar surface area (TPSA) is 64.8 Å². The number of primary amides is 1. The molecule has 2 heterocycles. The van der Waals surface area contributed by atoms with E-state index < -0.39 is 0 Å². The third-order valence-corrected chi connectivity index (χ3v) is 6.82. The number of nitrogens with zero attached hydrogens (tertiary/aromatic N) is 1. The van der Waals surface area contributed by atoms with Crippen LogP contribution in [0.15, 0.2) is 24.3 Å². The number of fused-ring (bicyclic) bond motifs is 2. The summed E-state index contributed by atoms with van der Waals surface area (Å²) in [5.41, 5.74) is 6.91. The van der Waals surface area contributed by atoms with Gasteiger partial charge >= 0.3 is 0 Å². The number of methoxy groups -OCH3 is 1. The summed E-state index contributed by atoms with van der Waals surface area (Å²) in [4.78, 5) is 14.3. The molecule has 6 heteroatoms. The fraction of sp³-hybridized carbons (Fsp3) is 0.667. The number of amides is 1. The number of benzene rings is 1. The Balaban J connectivity index is 0.00000210. The van der Waals surface area contributed by atoms with Crippen molar-refractivity contribution in [2.75, 3.05) is 33.4 Å². The molecule has 3 unspecified atom stereocenters. The van der Waals surface area contributed by atoms with Crippen LogP contribution in [0.25, 0.3) is 0 Å². The zero-order valence-corrected chi connectivity index (χ0v) is 16.9. The molecule has 1 aromatic rings. The average molecular weight is 395 g/mol. The fourth-order valence-electron chi connectivity index (χ4n) is 5.62. The predicted molar refractivity (Wildman–Crippen MR) is 107 cm³/mol. The van der Waals surface area contributed by atoms with Crippen molar-refractivity contribution in [2.24, 2.45) is 17.6 Å². The summed E-state index contributed by atoms with van der Waals surface area (Å²) in [5, 5.41) is 0. The first-order valence-electron chi connectivity index (χ1n) is 9.92. The highest BCUT2D eigenvalue weighted by Crippen LogP contribution is 2.52. The van der Waals surface area contributed by atoms with Crippen LogP contribution >= 0.6 is 12.4 Å². The zero-order chi connectivity index (χ0) is 18.1. The van der Waals surface area contributed by atoms with Crippen LogP contribution in [0.5, 0.6) is 0 Å². The molecule has 1 saturated carbocycles. The number of hydrogen-bond acceptors (Lipinski definition) is 4. The van der Waals surface area contributed by atoms with E-state index in [1.165, 1.54) is 12.8 Å². The number of hydrogen-bond donors (Lipinski definition) is 1. The molecule has 2 bridgehead atoms. The van der Waals surface area contributed by atoms with Gasteiger partial charge in [0.25, 0.3) is 0 Å². The molecule has 5 nitrogen and oxygen atoms in total. The summed E-state index contributed by atoms with van der Waals surface area (Å²) in [6, 6.07) is 8.34. The number of likely N-dealkylation sites (tertiary alicyclic amines) is 1. The number of rotatable bonds is 4. The predicted octanol–water partition coefficient (Wildman–Crippen LogP) is 2.96. The van der Waals surface area contributed by atoms with Crippen molar-refractivity contribution in [2.45, 2.75) is 43.7 Å². The minimum atomic E-state index is -0.375. The van der Waals surface area contributed by atoms with Crippen LogP contribution in [0.4, 0.5) is 0 Å². The van der Waals surface area contributed by atoms with Crippen molar-refractivity contribution in [3.05, 3.63) is 35.4 Å². The Bertz CT molecular complexity index is 649. The molecule has 1 aromatic carbocycles. The Morgan fingerprint density at radius 3 is 2.56 bits per heavy atom. The molecule has 3 atom stereocenters. The first kappa shape index (κ1) is 20.6. The van der Waals surface area contributed by atoms with Crippen LogP contribution in [-0.2, 0) is 15.1 Å². The standard InChI is InChI=1S/C21H30N2O3.ClH/c1-25-21(16-6-2-5-15(11-16)20(22)24)17-7-3-8-18(21)13-23(12-17)19-9-4-10-26-14-19;/h2,5-6,11,17-19H,3-4,7-10,12-14H2,1H3,(H2,22,24);1H. The van der Waals surface area contributed by atoms with Crippen LogP contribution in [0.3, 0.4) is 0 Å². The molecule has 0 radical (unpaired) electrons. The van der Waals surface area contributed by atoms with E-state index in [4.69, 9.17) is 15.2 Å². The summed E-state index contributed by atoms with van der Waals surface area (Å²) < 4.78 is 12.0. The van der Waals surface area contributed by atoms with Gasteiger partial charge in [0, 0.05) is 50.2 Å². The second kappa shape index (κ2) is 8.48. The Morgan fingerprint density at radius 1 is 1.22 bits per heavy atom. The lowest BCUT2D eigenvalue weighted by molar-refractivity contribution is -0.179. The molecule has 1 aliphatic carbocycles. The quantitative estimate of drug-likeness (QED) is 0.852. The molecular weight excluding hydrogens is 364 g/mol. The molecule has 3 aliphatic rings. The summed E-state index contributed by atoms with van der Waals surface area (Å²) in [5.74, 6) is 0.496. The molecule has 150 valence electrons. The highest BCUT2D eigenvalue weighted by Gasteiger charge is 2.54. The van der Waals surface area contributed by atoms with Gasteiger partial charge < -0.3 is 15.2 Å². The minimum absolute atomic E-state index is 0. The number of carbonyl (C=O) groups excluding carboxylic acids is 1. The van der Waals surface area contributed by atoms with Crippen LogP contribution in [0.1, 0.15) is 48.0 Å². The van der Waals surface area contributed by atoms with Gasteiger partial charge in [-0.2, -0.15) is 0 Å². The maximum atomic E-state index is 11.7. The number of halogens is 1. The van der Waals surface area contributed by atoms with Gasteiger partial charge in [-0.15, -0.1) is 12.4 Å². The van der Waals surface area contributed by atoms with Gasteiger partial charge in [-0.1, -0.05) is 18.6 Å². The highest BCUT2D eigenvalue weighted by atomic mass is 35.5. The van der Waals surface area contributed by atoms with Crippen LogP contribution < -0.4 is 5.73 Å². The van der Waals surface area contributed by atoms with Gasteiger partial charge in [0.05, 0.1) is 6.61 Å². The van der Waals surface area contributed by atoms with Crippen molar-refractivity contribution >= 4 is 18.3 Å². The third kappa shape index (κ3) is 3.63. The average Bonchev–Trinajstić information content (AvgIpc) is 2.67. The third-order valence-electron chi connectivity index (χ3n) is 6.82. The maximum Gasteiger partial charge on any atom is 0.248 e. The van der Waals surface area contributed by atoms with Crippen molar-refractivity contribution in [1.29, 1.82) is 0 Å². The SMILES string of the molecule is COC1(c2cccc(C(N)=O)c2)C2CCCC1CN(C1CCCOC1)C2.Cl. The molecule has 4 rings (SSSR count). The Kier molecular flexibility index (Phi) is 6.46. The second-order valence-corrected chi connectivity index (χ2v) is 8.09. The van der Waals surface area contributed by atoms with Crippen LogP contribution in [-0.4, -0.2) is 50.3 Å². The number of piperidine rings is 1. The number of carbonyl (C=O) groups is 1. The van der Waals surface area contributed by atoms with E-state index in [9.17, 15) is 4.79 Å². The minimum Gasteiger partial charge on any atom is -0.380 e. The smallest absolute Gasteiger partial charge is 0.248 e. The van der Waals surface area contributed by atoms with Gasteiger partial charge in [0.1, 0.15) is 5.60 Å². The first-order chi connectivity index (χ1) is 12.6. The van der Waals surface area contributed by atoms with Gasteiger partial charge in [-0.25, -0.2) is 0 Å². The van der Waals surface area contributed by atoms with Crippen molar-refractivity contribution in [1.82, 2.24) is 4.90 Å². The lowest BCUT2D eigenvalue weighted by atomic mass is 9.62. The van der Waals surface area contributed by atoms with E-state index in [0.717, 1.165) is 51.1 Å². The van der Waals surface area contributed by atoms with E-state index in [1.54, 1.807) is 6.07 Å². The summed E-state index contributed by atoms with van der Waals surface area (Å²) >= 11 is 0. The van der Waals surface area contributed by atoms with Gasteiger partial charge in [-0.3, -0.25) is 9.69 Å². The second-order valence-electron chi connectivity index (χ2n) is 8.09. The van der Waals surface area contributed by atoms with Crippen LogP contribution in [0.2, 0.25) is 0 Å². The summed E-state index contributed by atoms with van der Waals surface area (Å²) in [7, 11) is 1.83. The van der Waals surface area contributed by atoms with Crippen LogP contribution in [0, 0.1) is 11.8 Å². The largest absolute Gasteiger partial charge is 0.380 e. The van der Waals surface area contributed by atoms with E-state index in [-0.39, 0.29) is 23.9 Å². The molecule has 0 spiro atoms. The molecule has 3 fully saturated rings. The molecule has 2 saturated heterocycles. The molecule has 1 amide bonds. The van der Waals surface area contributed by atoms with Gasteiger partial charge in [-0.05, 0) is 43.4 Å². The monoisotopic (exact) mass is 394 g/mol. The van der Waals surface area contributed by atoms with E-state index >= 15 is 0 Å². The van der Waals surface area contributed by atoms with Gasteiger partial charge in [0.2, 0.25) is 5.91 Å². The lowest BCUT2D eigenvalue weighted by Gasteiger charge is -2.57. The summed E-state index contributed by atoms with van der Waals surface area (Å²) in [6.07, 6.45) is 5.97. The Morgan fingerprint density at radius 2 is 1.96 bits per heavy atom. The molecule has 2 aliphatic heterocycles. The number of ether oxygens (including phenoxy) is 2. The first-order valence-corrected chi connectivity index (χ1v) is 9.92. The normalized spacial score (nSPS) is 33.9. The highest BCUT2D eigenvalue weighted by molar-refractivity contribution is 5.92. The van der Waals surface area contributed by atoms with Gasteiger partial charge in [0.15, 0.2) is 0 Å². The molecule has 27 heavy (non-hydrogen) atoms. The van der Waals surface area contributed by atoms with E-state index in [1.807, 2.05) is 19.2 Å². The van der Waals surface area contributed by atoms with Crippen molar-refractivity contribution < 1.29 is 14.3 Å². The van der Waals surface area contributed by atoms with Crippen molar-refractivity contribution in [3.8, 4) is 0 Å². The van der Waals surface area contributed by atoms with E-state index in [0.29, 0.717) is 23.4 Å². The Hall–Kier alpha value is -1.14. The Labute approximate surface area is 168 Å². The maximum absolute atomic E-state index is 11.7. The van der Waals surface area contributed by atoms with E-state index in [2.05, 4.69) is 11.0 Å². The molecular formula is C21H31ClN2O3. The lowest BCUT2D eigenvalue weighted by Crippen LogP contribution is -2.61.